The van der Waals surface area contributed by atoms with Crippen molar-refractivity contribution in [3.8, 4) is 0 Å². The predicted octanol–water partition coefficient (Wildman–Crippen LogP) is 4.08. The van der Waals surface area contributed by atoms with Crippen molar-refractivity contribution in [1.29, 1.82) is 0 Å². The van der Waals surface area contributed by atoms with Crippen LogP contribution in [-0.4, -0.2) is 57.8 Å². The first-order valence-electron chi connectivity index (χ1n) is 12.8. The first-order chi connectivity index (χ1) is 17.2. The SMILES string of the molecule is CC(C)(C)OC(=O)N[C@H](Cc1c[nH]c2ccccc12)C(=O)N1CCC2(CC1)c1ccccc1C[C@@H]2O. The van der Waals surface area contributed by atoms with E-state index >= 15 is 0 Å². The fourth-order valence-corrected chi connectivity index (χ4v) is 5.89. The fraction of sp³-hybridized carbons (Fsp3) is 0.448. The number of aliphatic hydroxyl groups is 1. The van der Waals surface area contributed by atoms with Crippen molar-refractivity contribution in [3.63, 3.8) is 0 Å². The van der Waals surface area contributed by atoms with E-state index in [4.69, 9.17) is 4.74 Å². The molecule has 0 unspecified atom stereocenters. The van der Waals surface area contributed by atoms with Crippen molar-refractivity contribution in [3.05, 3.63) is 71.4 Å². The van der Waals surface area contributed by atoms with Gasteiger partial charge < -0.3 is 25.0 Å². The second kappa shape index (κ2) is 9.28. The van der Waals surface area contributed by atoms with Crippen LogP contribution in [0.25, 0.3) is 10.9 Å². The predicted molar refractivity (Wildman–Crippen MR) is 139 cm³/mol. The van der Waals surface area contributed by atoms with Gasteiger partial charge in [-0.1, -0.05) is 42.5 Å². The van der Waals surface area contributed by atoms with Gasteiger partial charge in [-0.05, 0) is 62.8 Å². The molecule has 2 heterocycles. The van der Waals surface area contributed by atoms with Crippen LogP contribution in [0.15, 0.2) is 54.7 Å². The number of piperidine rings is 1. The Labute approximate surface area is 211 Å². The van der Waals surface area contributed by atoms with Crippen LogP contribution < -0.4 is 5.32 Å². The molecular weight excluding hydrogens is 454 g/mol. The molecule has 1 aliphatic carbocycles. The van der Waals surface area contributed by atoms with Gasteiger partial charge in [0, 0.05) is 42.0 Å². The van der Waals surface area contributed by atoms with Crippen LogP contribution >= 0.6 is 0 Å². The van der Waals surface area contributed by atoms with E-state index in [1.807, 2.05) is 47.5 Å². The summed E-state index contributed by atoms with van der Waals surface area (Å²) in [6.45, 7) is 6.48. The normalized spacial score (nSPS) is 19.8. The number of rotatable bonds is 4. The largest absolute Gasteiger partial charge is 0.444 e. The van der Waals surface area contributed by atoms with E-state index in [9.17, 15) is 14.7 Å². The Hall–Kier alpha value is -3.32. The van der Waals surface area contributed by atoms with Gasteiger partial charge in [0.2, 0.25) is 5.91 Å². The molecule has 1 aromatic heterocycles. The van der Waals surface area contributed by atoms with Crippen molar-refractivity contribution >= 4 is 22.9 Å². The number of nitrogens with zero attached hydrogens (tertiary/aromatic N) is 1. The topological polar surface area (TPSA) is 94.7 Å². The Kier molecular flexibility index (Phi) is 6.29. The number of amides is 2. The molecule has 7 heteroatoms. The molecule has 2 aromatic carbocycles. The molecule has 0 saturated carbocycles. The van der Waals surface area contributed by atoms with Crippen molar-refractivity contribution < 1.29 is 19.4 Å². The Morgan fingerprint density at radius 2 is 1.83 bits per heavy atom. The molecule has 0 radical (unpaired) electrons. The Morgan fingerprint density at radius 3 is 2.58 bits per heavy atom. The quantitative estimate of drug-likeness (QED) is 0.515. The molecule has 1 fully saturated rings. The van der Waals surface area contributed by atoms with Gasteiger partial charge in [-0.2, -0.15) is 0 Å². The number of H-pyrrole nitrogens is 1. The number of hydrogen-bond acceptors (Lipinski definition) is 4. The lowest BCUT2D eigenvalue weighted by atomic mass is 9.72. The Bertz CT molecular complexity index is 1270. The molecule has 5 rings (SSSR count). The van der Waals surface area contributed by atoms with Gasteiger partial charge in [0.15, 0.2) is 0 Å². The van der Waals surface area contributed by atoms with Crippen molar-refractivity contribution in [1.82, 2.24) is 15.2 Å². The average Bonchev–Trinajstić information content (AvgIpc) is 3.36. The molecule has 3 aromatic rings. The third-order valence-electron chi connectivity index (χ3n) is 7.66. The van der Waals surface area contributed by atoms with Gasteiger partial charge in [-0.3, -0.25) is 4.79 Å². The summed E-state index contributed by atoms with van der Waals surface area (Å²) in [4.78, 5) is 31.5. The maximum absolute atomic E-state index is 13.8. The minimum Gasteiger partial charge on any atom is -0.444 e. The highest BCUT2D eigenvalue weighted by atomic mass is 16.6. The molecule has 2 atom stereocenters. The van der Waals surface area contributed by atoms with Crippen LogP contribution in [0.4, 0.5) is 4.79 Å². The van der Waals surface area contributed by atoms with Gasteiger partial charge in [-0.15, -0.1) is 0 Å². The highest BCUT2D eigenvalue weighted by Gasteiger charge is 2.48. The molecule has 1 saturated heterocycles. The standard InChI is InChI=1S/C29H35N3O4/c1-28(2,3)36-27(35)31-24(16-20-18-30-23-11-7-5-9-21(20)23)26(34)32-14-12-29(13-15-32)22-10-6-4-8-19(22)17-25(29)33/h4-11,18,24-25,30,33H,12-17H2,1-3H3,(H,31,35)/t24-,25+/m1/s1. The monoisotopic (exact) mass is 489 g/mol. The maximum Gasteiger partial charge on any atom is 0.408 e. The third-order valence-corrected chi connectivity index (χ3v) is 7.66. The van der Waals surface area contributed by atoms with Crippen LogP contribution in [-0.2, 0) is 27.8 Å². The number of carbonyl (C=O) groups is 2. The summed E-state index contributed by atoms with van der Waals surface area (Å²) >= 11 is 0. The van der Waals surface area contributed by atoms with Gasteiger partial charge in [0.25, 0.3) is 0 Å². The van der Waals surface area contributed by atoms with E-state index in [2.05, 4.69) is 22.4 Å². The fourth-order valence-electron chi connectivity index (χ4n) is 5.89. The molecule has 2 aliphatic rings. The molecule has 2 amide bonds. The minimum atomic E-state index is -0.756. The number of alkyl carbamates (subject to hydrolysis) is 1. The summed E-state index contributed by atoms with van der Waals surface area (Å²) in [6.07, 6.45) is 3.27. The zero-order valence-corrected chi connectivity index (χ0v) is 21.2. The highest BCUT2D eigenvalue weighted by molar-refractivity contribution is 5.88. The lowest BCUT2D eigenvalue weighted by molar-refractivity contribution is -0.135. The summed E-state index contributed by atoms with van der Waals surface area (Å²) in [5.41, 5.74) is 3.40. The molecule has 0 bridgehead atoms. The lowest BCUT2D eigenvalue weighted by Crippen LogP contribution is -2.55. The highest BCUT2D eigenvalue weighted by Crippen LogP contribution is 2.46. The number of benzene rings is 2. The van der Waals surface area contributed by atoms with E-state index in [1.54, 1.807) is 20.8 Å². The van der Waals surface area contributed by atoms with E-state index in [1.165, 1.54) is 11.1 Å². The number of fused-ring (bicyclic) bond motifs is 3. The summed E-state index contributed by atoms with van der Waals surface area (Å²) in [5.74, 6) is -0.123. The van der Waals surface area contributed by atoms with Crippen LogP contribution in [0.1, 0.15) is 50.3 Å². The number of aromatic amines is 1. The number of hydrogen-bond donors (Lipinski definition) is 3. The van der Waals surface area contributed by atoms with Gasteiger partial charge in [-0.25, -0.2) is 4.79 Å². The molecular formula is C29H35N3O4. The summed E-state index contributed by atoms with van der Waals surface area (Å²) in [6, 6.07) is 15.4. The summed E-state index contributed by atoms with van der Waals surface area (Å²) in [7, 11) is 0. The summed E-state index contributed by atoms with van der Waals surface area (Å²) in [5, 5.41) is 14.9. The van der Waals surface area contributed by atoms with Crippen molar-refractivity contribution in [2.45, 2.75) is 69.6 Å². The third kappa shape index (κ3) is 4.60. The molecule has 1 spiro atoms. The smallest absolute Gasteiger partial charge is 0.408 e. The lowest BCUT2D eigenvalue weighted by Gasteiger charge is -2.43. The average molecular weight is 490 g/mol. The molecule has 1 aliphatic heterocycles. The zero-order valence-electron chi connectivity index (χ0n) is 21.2. The van der Waals surface area contributed by atoms with Gasteiger partial charge in [0.05, 0.1) is 6.10 Å². The van der Waals surface area contributed by atoms with Crippen LogP contribution in [0.3, 0.4) is 0 Å². The number of likely N-dealkylation sites (tertiary alicyclic amines) is 1. The van der Waals surface area contributed by atoms with E-state index in [-0.39, 0.29) is 11.3 Å². The second-order valence-electron chi connectivity index (χ2n) is 11.1. The first kappa shape index (κ1) is 24.4. The van der Waals surface area contributed by atoms with Crippen LogP contribution in [0, 0.1) is 0 Å². The summed E-state index contributed by atoms with van der Waals surface area (Å²) < 4.78 is 5.48. The minimum absolute atomic E-state index is 0.123. The van der Waals surface area contributed by atoms with Crippen molar-refractivity contribution in [2.75, 3.05) is 13.1 Å². The number of ether oxygens (including phenoxy) is 1. The van der Waals surface area contributed by atoms with Crippen molar-refractivity contribution in [2.24, 2.45) is 0 Å². The second-order valence-corrected chi connectivity index (χ2v) is 11.1. The van der Waals surface area contributed by atoms with Gasteiger partial charge in [0.1, 0.15) is 11.6 Å². The molecule has 190 valence electrons. The molecule has 7 nitrogen and oxygen atoms in total. The maximum atomic E-state index is 13.8. The van der Waals surface area contributed by atoms with Gasteiger partial charge >= 0.3 is 6.09 Å². The van der Waals surface area contributed by atoms with E-state index in [0.717, 1.165) is 16.5 Å². The number of nitrogens with one attached hydrogen (secondary N) is 2. The Balaban J connectivity index is 1.35. The van der Waals surface area contributed by atoms with Crippen LogP contribution in [0.2, 0.25) is 0 Å². The number of aliphatic hydroxyl groups excluding tert-OH is 1. The molecule has 3 N–H and O–H groups in total. The zero-order chi connectivity index (χ0) is 25.5. The number of carbonyl (C=O) groups excluding carboxylic acids is 2. The van der Waals surface area contributed by atoms with E-state index < -0.39 is 23.8 Å². The number of para-hydroxylation sites is 1. The number of aromatic nitrogens is 1. The molecule has 36 heavy (non-hydrogen) atoms. The van der Waals surface area contributed by atoms with E-state index in [0.29, 0.717) is 38.8 Å². The van der Waals surface area contributed by atoms with Crippen LogP contribution in [0.5, 0.6) is 0 Å². The first-order valence-corrected chi connectivity index (χ1v) is 12.8. The Morgan fingerprint density at radius 1 is 1.14 bits per heavy atom.